The second-order valence-corrected chi connectivity index (χ2v) is 4.20. The number of aryl methyl sites for hydroxylation is 1. The molecule has 0 unspecified atom stereocenters. The van der Waals surface area contributed by atoms with Gasteiger partial charge in [0.2, 0.25) is 0 Å². The maximum atomic E-state index is 4.69. The third-order valence-electron chi connectivity index (χ3n) is 2.68. The molecule has 0 aliphatic heterocycles. The first-order chi connectivity index (χ1) is 8.79. The van der Waals surface area contributed by atoms with Crippen molar-refractivity contribution >= 4 is 11.4 Å². The molecule has 2 aromatic carbocycles. The van der Waals surface area contributed by atoms with Crippen LogP contribution in [0.15, 0.2) is 71.7 Å². The largest absolute Gasteiger partial charge is 0.248 e. The topological polar surface area (TPSA) is 12.4 Å². The van der Waals surface area contributed by atoms with Crippen molar-refractivity contribution in [1.29, 1.82) is 0 Å². The Morgan fingerprint density at radius 3 is 2.22 bits per heavy atom. The average Bonchev–Trinajstić information content (AvgIpc) is 2.42. The Labute approximate surface area is 109 Å². The molecule has 2 rings (SSSR count). The maximum absolute atomic E-state index is 4.69. The Bertz CT molecular complexity index is 548. The third kappa shape index (κ3) is 3.17. The van der Waals surface area contributed by atoms with Crippen LogP contribution in [0.5, 0.6) is 0 Å². The fourth-order valence-corrected chi connectivity index (χ4v) is 1.72. The van der Waals surface area contributed by atoms with Crippen molar-refractivity contribution in [3.63, 3.8) is 0 Å². The highest BCUT2D eigenvalue weighted by atomic mass is 14.7. The molecule has 2 aromatic rings. The van der Waals surface area contributed by atoms with E-state index in [0.717, 1.165) is 17.0 Å². The van der Waals surface area contributed by atoms with Gasteiger partial charge in [-0.15, -0.1) is 0 Å². The van der Waals surface area contributed by atoms with Crippen molar-refractivity contribution in [2.24, 2.45) is 4.99 Å². The third-order valence-corrected chi connectivity index (χ3v) is 2.68. The van der Waals surface area contributed by atoms with Gasteiger partial charge in [-0.1, -0.05) is 54.1 Å². The molecule has 0 saturated carbocycles. The second kappa shape index (κ2) is 5.97. The van der Waals surface area contributed by atoms with E-state index in [1.165, 1.54) is 5.56 Å². The molecule has 0 bridgehead atoms. The van der Waals surface area contributed by atoms with Gasteiger partial charge in [-0.05, 0) is 32.1 Å². The van der Waals surface area contributed by atoms with Gasteiger partial charge in [-0.25, -0.2) is 4.99 Å². The molecule has 0 amide bonds. The van der Waals surface area contributed by atoms with Crippen LogP contribution in [-0.4, -0.2) is 5.71 Å². The summed E-state index contributed by atoms with van der Waals surface area (Å²) in [5.74, 6) is 0. The minimum atomic E-state index is 0.984. The van der Waals surface area contributed by atoms with Crippen molar-refractivity contribution in [2.45, 2.75) is 13.8 Å². The highest BCUT2D eigenvalue weighted by molar-refractivity contribution is 6.09. The lowest BCUT2D eigenvalue weighted by molar-refractivity contribution is 1.43. The summed E-state index contributed by atoms with van der Waals surface area (Å²) in [6.45, 7) is 4.09. The lowest BCUT2D eigenvalue weighted by Gasteiger charge is -2.02. The van der Waals surface area contributed by atoms with Gasteiger partial charge in [-0.3, -0.25) is 0 Å². The summed E-state index contributed by atoms with van der Waals surface area (Å²) in [5.41, 5.74) is 4.36. The molecule has 0 aliphatic carbocycles. The van der Waals surface area contributed by atoms with Gasteiger partial charge >= 0.3 is 0 Å². The van der Waals surface area contributed by atoms with Gasteiger partial charge in [0.15, 0.2) is 0 Å². The van der Waals surface area contributed by atoms with E-state index >= 15 is 0 Å². The monoisotopic (exact) mass is 235 g/mol. The van der Waals surface area contributed by atoms with Crippen molar-refractivity contribution in [1.82, 2.24) is 0 Å². The molecule has 18 heavy (non-hydrogen) atoms. The normalized spacial score (nSPS) is 12.0. The van der Waals surface area contributed by atoms with Crippen LogP contribution < -0.4 is 0 Å². The maximum Gasteiger partial charge on any atom is 0.0705 e. The second-order valence-electron chi connectivity index (χ2n) is 4.20. The molecule has 0 aliphatic rings. The van der Waals surface area contributed by atoms with Gasteiger partial charge in [0, 0.05) is 5.56 Å². The Morgan fingerprint density at radius 2 is 1.61 bits per heavy atom. The molecule has 1 nitrogen and oxygen atoms in total. The number of rotatable bonds is 3. The van der Waals surface area contributed by atoms with Gasteiger partial charge in [0.25, 0.3) is 0 Å². The van der Waals surface area contributed by atoms with Crippen molar-refractivity contribution < 1.29 is 0 Å². The fourth-order valence-electron chi connectivity index (χ4n) is 1.72. The van der Waals surface area contributed by atoms with E-state index in [2.05, 4.69) is 36.2 Å². The summed E-state index contributed by atoms with van der Waals surface area (Å²) in [7, 11) is 0. The zero-order valence-corrected chi connectivity index (χ0v) is 10.8. The van der Waals surface area contributed by atoms with Gasteiger partial charge in [0.1, 0.15) is 0 Å². The van der Waals surface area contributed by atoms with Crippen LogP contribution in [0.25, 0.3) is 0 Å². The average molecular weight is 235 g/mol. The Hall–Kier alpha value is -2.15. The van der Waals surface area contributed by atoms with Crippen LogP contribution >= 0.6 is 0 Å². The first kappa shape index (κ1) is 12.3. The predicted molar refractivity (Wildman–Crippen MR) is 78.6 cm³/mol. The Kier molecular flexibility index (Phi) is 4.08. The number of hydrogen-bond donors (Lipinski definition) is 0. The van der Waals surface area contributed by atoms with E-state index < -0.39 is 0 Å². The Morgan fingerprint density at radius 1 is 0.944 bits per heavy atom. The fraction of sp³-hybridized carbons (Fsp3) is 0.118. The smallest absolute Gasteiger partial charge is 0.0705 e. The molecule has 0 saturated heterocycles. The minimum absolute atomic E-state index is 0.984. The molecule has 1 heteroatoms. The van der Waals surface area contributed by atoms with Crippen LogP contribution in [-0.2, 0) is 0 Å². The standard InChI is InChI=1S/C17H17N/c1-3-7-17(15-8-5-4-6-9-15)18-16-12-10-14(2)11-13-16/h3-13H,1-2H3/b7-3+,18-17?. The lowest BCUT2D eigenvalue weighted by Crippen LogP contribution is -1.95. The van der Waals surface area contributed by atoms with E-state index in [1.54, 1.807) is 0 Å². The summed E-state index contributed by atoms with van der Waals surface area (Å²) < 4.78 is 0. The molecule has 0 heterocycles. The van der Waals surface area contributed by atoms with Gasteiger partial charge in [0.05, 0.1) is 11.4 Å². The molecular formula is C17H17N. The number of nitrogens with zero attached hydrogens (tertiary/aromatic N) is 1. The summed E-state index contributed by atoms with van der Waals surface area (Å²) in [5, 5.41) is 0. The molecule has 0 spiro atoms. The van der Waals surface area contributed by atoms with E-state index in [9.17, 15) is 0 Å². The summed E-state index contributed by atoms with van der Waals surface area (Å²) in [6, 6.07) is 18.5. The summed E-state index contributed by atoms with van der Waals surface area (Å²) in [6.07, 6.45) is 4.05. The molecule has 0 radical (unpaired) electrons. The van der Waals surface area contributed by atoms with Crippen molar-refractivity contribution in [2.75, 3.05) is 0 Å². The zero-order chi connectivity index (χ0) is 12.8. The van der Waals surface area contributed by atoms with Crippen LogP contribution in [0.3, 0.4) is 0 Å². The number of benzene rings is 2. The first-order valence-corrected chi connectivity index (χ1v) is 6.13. The molecule has 90 valence electrons. The number of aliphatic imine (C=N–C) groups is 1. The zero-order valence-electron chi connectivity index (χ0n) is 10.8. The lowest BCUT2D eigenvalue weighted by atomic mass is 10.1. The molecular weight excluding hydrogens is 218 g/mol. The first-order valence-electron chi connectivity index (χ1n) is 6.13. The van der Waals surface area contributed by atoms with E-state index in [-0.39, 0.29) is 0 Å². The molecule has 0 atom stereocenters. The highest BCUT2D eigenvalue weighted by Crippen LogP contribution is 2.15. The number of hydrogen-bond acceptors (Lipinski definition) is 1. The Balaban J connectivity index is 2.39. The van der Waals surface area contributed by atoms with Gasteiger partial charge in [-0.2, -0.15) is 0 Å². The minimum Gasteiger partial charge on any atom is -0.248 e. The van der Waals surface area contributed by atoms with E-state index in [4.69, 9.17) is 0 Å². The molecule has 0 aromatic heterocycles. The molecule has 0 N–H and O–H groups in total. The van der Waals surface area contributed by atoms with E-state index in [0.29, 0.717) is 0 Å². The number of allylic oxidation sites excluding steroid dienone is 2. The SMILES string of the molecule is C/C=C/C(=Nc1ccc(C)cc1)c1ccccc1. The molecule has 0 fully saturated rings. The highest BCUT2D eigenvalue weighted by Gasteiger charge is 1.98. The summed E-state index contributed by atoms with van der Waals surface area (Å²) in [4.78, 5) is 4.69. The van der Waals surface area contributed by atoms with E-state index in [1.807, 2.05) is 49.4 Å². The van der Waals surface area contributed by atoms with Gasteiger partial charge < -0.3 is 0 Å². The van der Waals surface area contributed by atoms with Crippen LogP contribution in [0, 0.1) is 6.92 Å². The van der Waals surface area contributed by atoms with Crippen molar-refractivity contribution in [3.05, 3.63) is 77.9 Å². The van der Waals surface area contributed by atoms with Crippen LogP contribution in [0.4, 0.5) is 5.69 Å². The van der Waals surface area contributed by atoms with Crippen molar-refractivity contribution in [3.8, 4) is 0 Å². The quantitative estimate of drug-likeness (QED) is 0.684. The van der Waals surface area contributed by atoms with Crippen LogP contribution in [0.2, 0.25) is 0 Å². The predicted octanol–water partition coefficient (Wildman–Crippen LogP) is 4.69. The van der Waals surface area contributed by atoms with Crippen LogP contribution in [0.1, 0.15) is 18.1 Å². The summed E-state index contributed by atoms with van der Waals surface area (Å²) >= 11 is 0.